The third kappa shape index (κ3) is 3.45. The van der Waals surface area contributed by atoms with Crippen LogP contribution >= 0.6 is 0 Å². The molecule has 0 saturated heterocycles. The first-order valence-corrected chi connectivity index (χ1v) is 5.67. The van der Waals surface area contributed by atoms with Gasteiger partial charge in [-0.15, -0.1) is 6.58 Å². The van der Waals surface area contributed by atoms with Gasteiger partial charge in [-0.25, -0.2) is 4.79 Å². The minimum Gasteiger partial charge on any atom is -0.480 e. The van der Waals surface area contributed by atoms with E-state index in [1.807, 2.05) is 19.9 Å². The highest BCUT2D eigenvalue weighted by molar-refractivity contribution is 5.96. The lowest BCUT2D eigenvalue weighted by molar-refractivity contribution is -0.139. The fourth-order valence-electron chi connectivity index (χ4n) is 1.51. The highest BCUT2D eigenvalue weighted by Crippen LogP contribution is 2.10. The van der Waals surface area contributed by atoms with E-state index in [9.17, 15) is 9.59 Å². The van der Waals surface area contributed by atoms with Gasteiger partial charge in [-0.05, 0) is 43.5 Å². The zero-order valence-corrected chi connectivity index (χ0v) is 10.6. The maximum absolute atomic E-state index is 11.9. The third-order valence-corrected chi connectivity index (χ3v) is 2.77. The zero-order chi connectivity index (χ0) is 13.7. The topological polar surface area (TPSA) is 66.4 Å². The second kappa shape index (κ2) is 6.00. The largest absolute Gasteiger partial charge is 0.480 e. The number of carboxylic acid groups (broad SMARTS) is 1. The summed E-state index contributed by atoms with van der Waals surface area (Å²) in [4.78, 5) is 22.8. The molecule has 96 valence electrons. The molecular formula is C14H17NO3. The second-order valence-corrected chi connectivity index (χ2v) is 4.19. The maximum atomic E-state index is 11.9. The molecule has 0 aliphatic rings. The Labute approximate surface area is 106 Å². The Morgan fingerprint density at radius 2 is 2.06 bits per heavy atom. The Balaban J connectivity index is 2.83. The summed E-state index contributed by atoms with van der Waals surface area (Å²) in [5, 5.41) is 11.4. The van der Waals surface area contributed by atoms with Crippen LogP contribution in [0.15, 0.2) is 30.9 Å². The highest BCUT2D eigenvalue weighted by atomic mass is 16.4. The van der Waals surface area contributed by atoms with Gasteiger partial charge in [-0.3, -0.25) is 4.79 Å². The minimum absolute atomic E-state index is 0.200. The number of carbonyl (C=O) groups is 2. The van der Waals surface area contributed by atoms with Crippen LogP contribution in [-0.2, 0) is 4.79 Å². The number of amides is 1. The predicted octanol–water partition coefficient (Wildman–Crippen LogP) is 2.06. The molecular weight excluding hydrogens is 230 g/mol. The SMILES string of the molecule is C=CCC(NC(=O)c1ccc(C)c(C)c1)C(=O)O. The summed E-state index contributed by atoms with van der Waals surface area (Å²) in [5.74, 6) is -1.44. The highest BCUT2D eigenvalue weighted by Gasteiger charge is 2.19. The Morgan fingerprint density at radius 1 is 1.39 bits per heavy atom. The van der Waals surface area contributed by atoms with Crippen LogP contribution in [-0.4, -0.2) is 23.0 Å². The first-order chi connectivity index (χ1) is 8.45. The molecule has 1 aromatic carbocycles. The summed E-state index contributed by atoms with van der Waals surface area (Å²) < 4.78 is 0. The summed E-state index contributed by atoms with van der Waals surface area (Å²) in [5.41, 5.74) is 2.55. The van der Waals surface area contributed by atoms with Gasteiger partial charge in [0.25, 0.3) is 5.91 Å². The number of aryl methyl sites for hydroxylation is 2. The number of aliphatic carboxylic acids is 1. The third-order valence-electron chi connectivity index (χ3n) is 2.77. The van der Waals surface area contributed by atoms with Gasteiger partial charge in [0.15, 0.2) is 0 Å². The fraction of sp³-hybridized carbons (Fsp3) is 0.286. The molecule has 18 heavy (non-hydrogen) atoms. The van der Waals surface area contributed by atoms with E-state index in [-0.39, 0.29) is 12.3 Å². The molecule has 1 unspecified atom stereocenters. The molecule has 4 heteroatoms. The van der Waals surface area contributed by atoms with Gasteiger partial charge in [0.05, 0.1) is 0 Å². The van der Waals surface area contributed by atoms with E-state index in [0.717, 1.165) is 11.1 Å². The molecule has 2 N–H and O–H groups in total. The number of hydrogen-bond acceptors (Lipinski definition) is 2. The predicted molar refractivity (Wildman–Crippen MR) is 69.6 cm³/mol. The summed E-state index contributed by atoms with van der Waals surface area (Å²) in [6, 6.07) is 4.34. The van der Waals surface area contributed by atoms with Crippen LogP contribution in [0, 0.1) is 13.8 Å². The first-order valence-electron chi connectivity index (χ1n) is 5.67. The van der Waals surface area contributed by atoms with E-state index in [4.69, 9.17) is 5.11 Å². The number of rotatable bonds is 5. The minimum atomic E-state index is -1.06. The smallest absolute Gasteiger partial charge is 0.326 e. The average Bonchev–Trinajstić information content (AvgIpc) is 2.31. The molecule has 1 rings (SSSR count). The molecule has 0 fully saturated rings. The van der Waals surface area contributed by atoms with Crippen LogP contribution in [0.5, 0.6) is 0 Å². The lowest BCUT2D eigenvalue weighted by atomic mass is 10.1. The molecule has 1 aromatic rings. The van der Waals surface area contributed by atoms with E-state index in [1.54, 1.807) is 12.1 Å². The van der Waals surface area contributed by atoms with E-state index in [2.05, 4.69) is 11.9 Å². The van der Waals surface area contributed by atoms with Crippen LogP contribution in [0.1, 0.15) is 27.9 Å². The molecule has 0 bridgehead atoms. The van der Waals surface area contributed by atoms with Crippen LogP contribution in [0.4, 0.5) is 0 Å². The molecule has 0 radical (unpaired) electrons. The van der Waals surface area contributed by atoms with Crippen LogP contribution in [0.3, 0.4) is 0 Å². The van der Waals surface area contributed by atoms with E-state index < -0.39 is 12.0 Å². The Hall–Kier alpha value is -2.10. The summed E-state index contributed by atoms with van der Waals surface area (Å²) >= 11 is 0. The van der Waals surface area contributed by atoms with Gasteiger partial charge < -0.3 is 10.4 Å². The number of carboxylic acids is 1. The van der Waals surface area contributed by atoms with Crippen molar-refractivity contribution in [2.75, 3.05) is 0 Å². The van der Waals surface area contributed by atoms with Crippen molar-refractivity contribution in [2.24, 2.45) is 0 Å². The Bertz CT molecular complexity index is 480. The first kappa shape index (κ1) is 14.0. The van der Waals surface area contributed by atoms with Gasteiger partial charge >= 0.3 is 5.97 Å². The maximum Gasteiger partial charge on any atom is 0.326 e. The van der Waals surface area contributed by atoms with Crippen molar-refractivity contribution in [2.45, 2.75) is 26.3 Å². The molecule has 1 amide bonds. The summed E-state index contributed by atoms with van der Waals surface area (Å²) in [6.45, 7) is 7.33. The number of carbonyl (C=O) groups excluding carboxylic acids is 1. The van der Waals surface area contributed by atoms with Crippen molar-refractivity contribution in [3.63, 3.8) is 0 Å². The monoisotopic (exact) mass is 247 g/mol. The van der Waals surface area contributed by atoms with Crippen molar-refractivity contribution in [1.82, 2.24) is 5.32 Å². The summed E-state index contributed by atoms with van der Waals surface area (Å²) in [6.07, 6.45) is 1.67. The van der Waals surface area contributed by atoms with Crippen LogP contribution in [0.2, 0.25) is 0 Å². The van der Waals surface area contributed by atoms with Crippen molar-refractivity contribution in [1.29, 1.82) is 0 Å². The standard InChI is InChI=1S/C14H17NO3/c1-4-5-12(14(17)18)15-13(16)11-7-6-9(2)10(3)8-11/h4,6-8,12H,1,5H2,2-3H3,(H,15,16)(H,17,18). The number of hydrogen-bond donors (Lipinski definition) is 2. The molecule has 0 heterocycles. The van der Waals surface area contributed by atoms with Crippen LogP contribution in [0.25, 0.3) is 0 Å². The van der Waals surface area contributed by atoms with Crippen molar-refractivity contribution < 1.29 is 14.7 Å². The van der Waals surface area contributed by atoms with Crippen molar-refractivity contribution in [3.05, 3.63) is 47.5 Å². The van der Waals surface area contributed by atoms with Crippen molar-refractivity contribution in [3.8, 4) is 0 Å². The van der Waals surface area contributed by atoms with Gasteiger partial charge in [0.2, 0.25) is 0 Å². The van der Waals surface area contributed by atoms with E-state index in [1.165, 1.54) is 6.08 Å². The molecule has 0 aliphatic heterocycles. The lowest BCUT2D eigenvalue weighted by Gasteiger charge is -2.13. The quantitative estimate of drug-likeness (QED) is 0.783. The fourth-order valence-corrected chi connectivity index (χ4v) is 1.51. The normalized spacial score (nSPS) is 11.7. The average molecular weight is 247 g/mol. The Kier molecular flexibility index (Phi) is 4.66. The number of nitrogens with one attached hydrogen (secondary N) is 1. The Morgan fingerprint density at radius 3 is 2.56 bits per heavy atom. The van der Waals surface area contributed by atoms with Gasteiger partial charge in [-0.1, -0.05) is 12.1 Å². The molecule has 0 aliphatic carbocycles. The molecule has 0 saturated carbocycles. The van der Waals surface area contributed by atoms with Gasteiger partial charge in [0, 0.05) is 5.56 Å². The van der Waals surface area contributed by atoms with Gasteiger partial charge in [0.1, 0.15) is 6.04 Å². The van der Waals surface area contributed by atoms with Crippen LogP contribution < -0.4 is 5.32 Å². The lowest BCUT2D eigenvalue weighted by Crippen LogP contribution is -2.40. The molecule has 0 aromatic heterocycles. The van der Waals surface area contributed by atoms with Gasteiger partial charge in [-0.2, -0.15) is 0 Å². The number of benzene rings is 1. The van der Waals surface area contributed by atoms with E-state index in [0.29, 0.717) is 5.56 Å². The van der Waals surface area contributed by atoms with E-state index >= 15 is 0 Å². The molecule has 0 spiro atoms. The second-order valence-electron chi connectivity index (χ2n) is 4.19. The van der Waals surface area contributed by atoms with Crippen molar-refractivity contribution >= 4 is 11.9 Å². The molecule has 4 nitrogen and oxygen atoms in total. The summed E-state index contributed by atoms with van der Waals surface area (Å²) in [7, 11) is 0. The zero-order valence-electron chi connectivity index (χ0n) is 10.6. The molecule has 1 atom stereocenters.